The van der Waals surface area contributed by atoms with E-state index < -0.39 is 17.4 Å². The molecule has 0 aliphatic carbocycles. The van der Waals surface area contributed by atoms with E-state index in [0.29, 0.717) is 6.21 Å². The standard InChI is InChI=1S/C8H5F2NO/c9-6-2-1-5(3-7(6)10)8(12)4-11/h1-4,11H. The minimum absolute atomic E-state index is 0.0242. The maximum absolute atomic E-state index is 12.5. The van der Waals surface area contributed by atoms with Gasteiger partial charge < -0.3 is 5.41 Å². The number of ketones is 1. The third-order valence-electron chi connectivity index (χ3n) is 1.34. The van der Waals surface area contributed by atoms with Crippen molar-refractivity contribution < 1.29 is 13.6 Å². The van der Waals surface area contributed by atoms with Gasteiger partial charge in [0.05, 0.1) is 6.21 Å². The fourth-order valence-corrected chi connectivity index (χ4v) is 0.733. The number of hydrogen-bond acceptors (Lipinski definition) is 2. The highest BCUT2D eigenvalue weighted by Crippen LogP contribution is 2.08. The van der Waals surface area contributed by atoms with Gasteiger partial charge in [-0.2, -0.15) is 0 Å². The van der Waals surface area contributed by atoms with Gasteiger partial charge in [0, 0.05) is 5.56 Å². The summed E-state index contributed by atoms with van der Waals surface area (Å²) in [7, 11) is 0. The summed E-state index contributed by atoms with van der Waals surface area (Å²) in [5.41, 5.74) is -0.0242. The Labute approximate surface area is 67.3 Å². The summed E-state index contributed by atoms with van der Waals surface area (Å²) >= 11 is 0. The molecule has 1 aromatic rings. The molecule has 12 heavy (non-hydrogen) atoms. The van der Waals surface area contributed by atoms with Gasteiger partial charge in [-0.25, -0.2) is 8.78 Å². The van der Waals surface area contributed by atoms with Crippen LogP contribution >= 0.6 is 0 Å². The van der Waals surface area contributed by atoms with Crippen LogP contribution in [0.1, 0.15) is 10.4 Å². The third-order valence-corrected chi connectivity index (χ3v) is 1.34. The topological polar surface area (TPSA) is 40.9 Å². The number of rotatable bonds is 2. The zero-order valence-corrected chi connectivity index (χ0v) is 5.97. The summed E-state index contributed by atoms with van der Waals surface area (Å²) in [5.74, 6) is -2.73. The van der Waals surface area contributed by atoms with Crippen molar-refractivity contribution in [3.63, 3.8) is 0 Å². The smallest absolute Gasteiger partial charge is 0.203 e. The summed E-state index contributed by atoms with van der Waals surface area (Å²) in [6.45, 7) is 0. The van der Waals surface area contributed by atoms with Crippen LogP contribution in [0, 0.1) is 17.0 Å². The maximum Gasteiger partial charge on any atom is 0.203 e. The second-order valence-electron chi connectivity index (χ2n) is 2.14. The summed E-state index contributed by atoms with van der Waals surface area (Å²) in [4.78, 5) is 10.7. The Morgan fingerprint density at radius 2 is 2.00 bits per heavy atom. The first-order valence-electron chi connectivity index (χ1n) is 3.15. The molecular formula is C8H5F2NO. The molecule has 0 aliphatic heterocycles. The van der Waals surface area contributed by atoms with Crippen LogP contribution in [0.15, 0.2) is 18.2 Å². The highest BCUT2D eigenvalue weighted by atomic mass is 19.2. The molecule has 62 valence electrons. The molecule has 1 aromatic carbocycles. The van der Waals surface area contributed by atoms with Crippen molar-refractivity contribution in [1.29, 1.82) is 5.41 Å². The lowest BCUT2D eigenvalue weighted by Gasteiger charge is -1.95. The molecule has 0 unspecified atom stereocenters. The SMILES string of the molecule is N=CC(=O)c1ccc(F)c(F)c1. The quantitative estimate of drug-likeness (QED) is 0.532. The van der Waals surface area contributed by atoms with Crippen LogP contribution in [-0.2, 0) is 0 Å². The highest BCUT2D eigenvalue weighted by molar-refractivity contribution is 6.34. The molecule has 0 aliphatic rings. The molecule has 0 atom stereocenters. The summed E-state index contributed by atoms with van der Waals surface area (Å²) < 4.78 is 24.8. The molecular weight excluding hydrogens is 164 g/mol. The zero-order chi connectivity index (χ0) is 9.14. The monoisotopic (exact) mass is 169 g/mol. The van der Waals surface area contributed by atoms with Crippen LogP contribution in [0.4, 0.5) is 8.78 Å². The zero-order valence-electron chi connectivity index (χ0n) is 5.97. The van der Waals surface area contributed by atoms with E-state index in [1.54, 1.807) is 0 Å². The lowest BCUT2D eigenvalue weighted by atomic mass is 10.1. The maximum atomic E-state index is 12.5. The van der Waals surface area contributed by atoms with Crippen molar-refractivity contribution >= 4 is 12.0 Å². The van der Waals surface area contributed by atoms with Gasteiger partial charge in [0.25, 0.3) is 0 Å². The Kier molecular flexibility index (Phi) is 2.28. The van der Waals surface area contributed by atoms with Crippen LogP contribution in [0.25, 0.3) is 0 Å². The lowest BCUT2D eigenvalue weighted by molar-refractivity contribution is 0.106. The molecule has 0 saturated carbocycles. The van der Waals surface area contributed by atoms with Gasteiger partial charge in [0.1, 0.15) is 0 Å². The van der Waals surface area contributed by atoms with Crippen LogP contribution in [0.2, 0.25) is 0 Å². The van der Waals surface area contributed by atoms with E-state index in [9.17, 15) is 13.6 Å². The Morgan fingerprint density at radius 3 is 2.50 bits per heavy atom. The number of halogens is 2. The first-order chi connectivity index (χ1) is 5.65. The van der Waals surface area contributed by atoms with Crippen molar-refractivity contribution in [2.45, 2.75) is 0 Å². The van der Waals surface area contributed by atoms with Gasteiger partial charge >= 0.3 is 0 Å². The van der Waals surface area contributed by atoms with Crippen molar-refractivity contribution in [2.75, 3.05) is 0 Å². The van der Waals surface area contributed by atoms with E-state index in [-0.39, 0.29) is 5.56 Å². The van der Waals surface area contributed by atoms with Gasteiger partial charge in [0.15, 0.2) is 11.6 Å². The van der Waals surface area contributed by atoms with Crippen LogP contribution in [0.5, 0.6) is 0 Å². The third kappa shape index (κ3) is 1.53. The minimum atomic E-state index is -1.08. The average molecular weight is 169 g/mol. The van der Waals surface area contributed by atoms with Crippen molar-refractivity contribution in [2.24, 2.45) is 0 Å². The van der Waals surface area contributed by atoms with E-state index in [2.05, 4.69) is 0 Å². The van der Waals surface area contributed by atoms with E-state index in [0.717, 1.165) is 18.2 Å². The number of hydrogen-bond donors (Lipinski definition) is 1. The van der Waals surface area contributed by atoms with Gasteiger partial charge in [-0.3, -0.25) is 4.79 Å². The van der Waals surface area contributed by atoms with E-state index in [4.69, 9.17) is 5.41 Å². The van der Waals surface area contributed by atoms with Crippen LogP contribution in [0.3, 0.4) is 0 Å². The average Bonchev–Trinajstić information content (AvgIpc) is 2.08. The molecule has 0 saturated heterocycles. The Hall–Kier alpha value is -1.58. The number of nitrogens with one attached hydrogen (secondary N) is 1. The number of benzene rings is 1. The lowest BCUT2D eigenvalue weighted by Crippen LogP contribution is -2.00. The second-order valence-corrected chi connectivity index (χ2v) is 2.14. The molecule has 0 heterocycles. The highest BCUT2D eigenvalue weighted by Gasteiger charge is 2.06. The molecule has 0 amide bonds. The number of carbonyl (C=O) groups excluding carboxylic acids is 1. The predicted octanol–water partition coefficient (Wildman–Crippen LogP) is 1.80. The molecule has 0 radical (unpaired) electrons. The van der Waals surface area contributed by atoms with Crippen molar-refractivity contribution in [3.8, 4) is 0 Å². The molecule has 4 heteroatoms. The van der Waals surface area contributed by atoms with Gasteiger partial charge in [0.2, 0.25) is 5.78 Å². The number of carbonyl (C=O) groups is 1. The molecule has 0 aromatic heterocycles. The number of Topliss-reactive ketones (excluding diaryl/α,β-unsaturated/α-hetero) is 1. The molecule has 1 N–H and O–H groups in total. The minimum Gasteiger partial charge on any atom is -0.305 e. The summed E-state index contributed by atoms with van der Waals surface area (Å²) in [6, 6.07) is 2.75. The fraction of sp³-hybridized carbons (Fsp3) is 0. The molecule has 2 nitrogen and oxygen atoms in total. The first kappa shape index (κ1) is 8.52. The van der Waals surface area contributed by atoms with E-state index >= 15 is 0 Å². The normalized spacial score (nSPS) is 9.50. The Balaban J connectivity index is 3.13. The van der Waals surface area contributed by atoms with Gasteiger partial charge in [-0.1, -0.05) is 0 Å². The Bertz CT molecular complexity index is 336. The van der Waals surface area contributed by atoms with Gasteiger partial charge in [-0.15, -0.1) is 0 Å². The summed E-state index contributed by atoms with van der Waals surface area (Å²) in [6.07, 6.45) is 0.548. The Morgan fingerprint density at radius 1 is 1.33 bits per heavy atom. The fourth-order valence-electron chi connectivity index (χ4n) is 0.733. The van der Waals surface area contributed by atoms with Crippen LogP contribution in [-0.4, -0.2) is 12.0 Å². The molecule has 1 rings (SSSR count). The van der Waals surface area contributed by atoms with E-state index in [1.165, 1.54) is 0 Å². The summed E-state index contributed by atoms with van der Waals surface area (Å²) in [5, 5.41) is 6.58. The van der Waals surface area contributed by atoms with Crippen molar-refractivity contribution in [3.05, 3.63) is 35.4 Å². The molecule has 0 spiro atoms. The van der Waals surface area contributed by atoms with Crippen molar-refractivity contribution in [1.82, 2.24) is 0 Å². The first-order valence-corrected chi connectivity index (χ1v) is 3.15. The second kappa shape index (κ2) is 3.21. The largest absolute Gasteiger partial charge is 0.305 e. The predicted molar refractivity (Wildman–Crippen MR) is 39.5 cm³/mol. The molecule has 0 fully saturated rings. The molecule has 0 bridgehead atoms. The van der Waals surface area contributed by atoms with Gasteiger partial charge in [-0.05, 0) is 18.2 Å². The van der Waals surface area contributed by atoms with E-state index in [1.807, 2.05) is 0 Å². The van der Waals surface area contributed by atoms with Crippen LogP contribution < -0.4 is 0 Å².